The summed E-state index contributed by atoms with van der Waals surface area (Å²) in [7, 11) is 0. The van der Waals surface area contributed by atoms with Crippen LogP contribution in [0.1, 0.15) is 5.69 Å². The van der Waals surface area contributed by atoms with Crippen molar-refractivity contribution in [3.05, 3.63) is 64.0 Å². The van der Waals surface area contributed by atoms with E-state index in [4.69, 9.17) is 28.5 Å². The van der Waals surface area contributed by atoms with E-state index in [1.54, 1.807) is 30.5 Å². The number of hydrogen-bond donors (Lipinski definition) is 2. The first-order valence-corrected chi connectivity index (χ1v) is 7.31. The predicted molar refractivity (Wildman–Crippen MR) is 91.4 cm³/mol. The summed E-state index contributed by atoms with van der Waals surface area (Å²) in [6.45, 7) is 1.86. The topological polar surface area (TPSA) is 77.8 Å². The van der Waals surface area contributed by atoms with Crippen LogP contribution in [-0.2, 0) is 4.79 Å². The van der Waals surface area contributed by atoms with Crippen molar-refractivity contribution in [2.24, 2.45) is 0 Å². The van der Waals surface area contributed by atoms with Crippen LogP contribution in [0.3, 0.4) is 0 Å². The third-order valence-electron chi connectivity index (χ3n) is 2.86. The van der Waals surface area contributed by atoms with E-state index in [0.717, 1.165) is 5.69 Å². The molecule has 0 fully saturated rings. The van der Waals surface area contributed by atoms with Crippen LogP contribution in [0.4, 0.5) is 11.4 Å². The number of aryl methyl sites for hydroxylation is 1. The molecule has 116 valence electrons. The molecule has 0 bridgehead atoms. The van der Waals surface area contributed by atoms with Gasteiger partial charge in [0, 0.05) is 11.9 Å². The Balaban J connectivity index is 2.12. The standard InChI is InChI=1S/C16H12Cl2N4O/c1-10-5-6-12(9-20-10)21-8-11(7-19)16(23)22-14-4-2-3-13(17)15(14)18/h2-6,8-9,21H,1H3,(H,22,23)/b11-8-. The summed E-state index contributed by atoms with van der Waals surface area (Å²) in [6, 6.07) is 10.3. The highest BCUT2D eigenvalue weighted by Gasteiger charge is 2.12. The lowest BCUT2D eigenvalue weighted by molar-refractivity contribution is -0.112. The monoisotopic (exact) mass is 346 g/mol. The van der Waals surface area contributed by atoms with Crippen LogP contribution in [0, 0.1) is 18.3 Å². The number of aromatic nitrogens is 1. The van der Waals surface area contributed by atoms with Gasteiger partial charge in [-0.25, -0.2) is 0 Å². The molecule has 0 saturated carbocycles. The van der Waals surface area contributed by atoms with E-state index in [0.29, 0.717) is 16.4 Å². The SMILES string of the molecule is Cc1ccc(N/C=C(/C#N)C(=O)Nc2cccc(Cl)c2Cl)cn1. The molecule has 5 nitrogen and oxygen atoms in total. The Hall–Kier alpha value is -2.55. The Kier molecular flexibility index (Phi) is 5.58. The lowest BCUT2D eigenvalue weighted by atomic mass is 10.2. The van der Waals surface area contributed by atoms with Gasteiger partial charge in [-0.3, -0.25) is 9.78 Å². The molecule has 1 aromatic heterocycles. The van der Waals surface area contributed by atoms with Gasteiger partial charge in [0.1, 0.15) is 11.6 Å². The van der Waals surface area contributed by atoms with Crippen LogP contribution >= 0.6 is 23.2 Å². The van der Waals surface area contributed by atoms with Crippen molar-refractivity contribution in [1.82, 2.24) is 4.98 Å². The molecule has 0 spiro atoms. The number of amides is 1. The first kappa shape index (κ1) is 16.8. The lowest BCUT2D eigenvalue weighted by Crippen LogP contribution is -2.15. The molecule has 0 unspecified atom stereocenters. The minimum atomic E-state index is -0.593. The molecule has 0 aliphatic rings. The van der Waals surface area contributed by atoms with Gasteiger partial charge in [-0.2, -0.15) is 5.26 Å². The summed E-state index contributed by atoms with van der Waals surface area (Å²) < 4.78 is 0. The maximum atomic E-state index is 12.1. The van der Waals surface area contributed by atoms with Gasteiger partial charge in [0.2, 0.25) is 0 Å². The number of benzene rings is 1. The molecule has 0 saturated heterocycles. The van der Waals surface area contributed by atoms with E-state index >= 15 is 0 Å². The molecular formula is C16H12Cl2N4O. The quantitative estimate of drug-likeness (QED) is 0.643. The molecule has 23 heavy (non-hydrogen) atoms. The predicted octanol–water partition coefficient (Wildman–Crippen LogP) is 4.15. The average Bonchev–Trinajstić information content (AvgIpc) is 2.54. The maximum Gasteiger partial charge on any atom is 0.267 e. The molecule has 0 atom stereocenters. The molecule has 0 aliphatic carbocycles. The van der Waals surface area contributed by atoms with Crippen LogP contribution in [-0.4, -0.2) is 10.9 Å². The van der Waals surface area contributed by atoms with E-state index in [9.17, 15) is 4.79 Å². The Bertz CT molecular complexity index is 795. The number of pyridine rings is 1. The third kappa shape index (κ3) is 4.46. The van der Waals surface area contributed by atoms with Gasteiger partial charge in [0.05, 0.1) is 27.6 Å². The zero-order valence-corrected chi connectivity index (χ0v) is 13.6. The fraction of sp³-hybridized carbons (Fsp3) is 0.0625. The van der Waals surface area contributed by atoms with E-state index in [1.165, 1.54) is 6.20 Å². The first-order valence-electron chi connectivity index (χ1n) is 6.56. The van der Waals surface area contributed by atoms with Gasteiger partial charge >= 0.3 is 0 Å². The summed E-state index contributed by atoms with van der Waals surface area (Å²) in [5.41, 5.74) is 1.76. The second-order valence-electron chi connectivity index (χ2n) is 4.56. The van der Waals surface area contributed by atoms with E-state index in [1.807, 2.05) is 19.1 Å². The molecule has 2 rings (SSSR count). The van der Waals surface area contributed by atoms with Crippen molar-refractivity contribution >= 4 is 40.5 Å². The van der Waals surface area contributed by atoms with Crippen molar-refractivity contribution in [2.75, 3.05) is 10.6 Å². The van der Waals surface area contributed by atoms with Crippen molar-refractivity contribution < 1.29 is 4.79 Å². The number of nitriles is 1. The molecule has 2 N–H and O–H groups in total. The number of nitrogens with zero attached hydrogens (tertiary/aromatic N) is 2. The minimum Gasteiger partial charge on any atom is -0.359 e. The van der Waals surface area contributed by atoms with Crippen molar-refractivity contribution in [3.63, 3.8) is 0 Å². The molecular weight excluding hydrogens is 335 g/mol. The second kappa shape index (κ2) is 7.63. The number of hydrogen-bond acceptors (Lipinski definition) is 4. The molecule has 0 aliphatic heterocycles. The molecule has 0 radical (unpaired) electrons. The highest BCUT2D eigenvalue weighted by atomic mass is 35.5. The Morgan fingerprint density at radius 2 is 2.09 bits per heavy atom. The fourth-order valence-electron chi connectivity index (χ4n) is 1.65. The van der Waals surface area contributed by atoms with Crippen LogP contribution < -0.4 is 10.6 Å². The number of anilines is 2. The van der Waals surface area contributed by atoms with Gasteiger partial charge in [0.25, 0.3) is 5.91 Å². The molecule has 1 aromatic carbocycles. The summed E-state index contributed by atoms with van der Waals surface area (Å²) in [5.74, 6) is -0.593. The van der Waals surface area contributed by atoms with E-state index in [-0.39, 0.29) is 10.6 Å². The second-order valence-corrected chi connectivity index (χ2v) is 5.34. The summed E-state index contributed by atoms with van der Waals surface area (Å²) in [5, 5.41) is 15.1. The maximum absolute atomic E-state index is 12.1. The minimum absolute atomic E-state index is 0.110. The van der Waals surface area contributed by atoms with Gasteiger partial charge in [-0.15, -0.1) is 0 Å². The van der Waals surface area contributed by atoms with Gasteiger partial charge in [-0.1, -0.05) is 29.3 Å². The first-order chi connectivity index (χ1) is 11.0. The zero-order chi connectivity index (χ0) is 16.8. The average molecular weight is 347 g/mol. The van der Waals surface area contributed by atoms with Crippen LogP contribution in [0.5, 0.6) is 0 Å². The smallest absolute Gasteiger partial charge is 0.267 e. The molecule has 1 heterocycles. The summed E-state index contributed by atoms with van der Waals surface area (Å²) >= 11 is 11.9. The number of carbonyl (C=O) groups excluding carboxylic acids is 1. The van der Waals surface area contributed by atoms with Gasteiger partial charge in [-0.05, 0) is 31.2 Å². The van der Waals surface area contributed by atoms with Crippen molar-refractivity contribution in [3.8, 4) is 6.07 Å². The van der Waals surface area contributed by atoms with Crippen LogP contribution in [0.25, 0.3) is 0 Å². The summed E-state index contributed by atoms with van der Waals surface area (Å²) in [6.07, 6.45) is 2.91. The molecule has 7 heteroatoms. The number of halogens is 2. The molecule has 1 amide bonds. The number of rotatable bonds is 4. The zero-order valence-electron chi connectivity index (χ0n) is 12.1. The third-order valence-corrected chi connectivity index (χ3v) is 3.68. The largest absolute Gasteiger partial charge is 0.359 e. The van der Waals surface area contributed by atoms with Crippen molar-refractivity contribution in [1.29, 1.82) is 5.26 Å². The van der Waals surface area contributed by atoms with E-state index in [2.05, 4.69) is 15.6 Å². The Labute approximate surface area is 143 Å². The number of nitrogens with one attached hydrogen (secondary N) is 2. The van der Waals surface area contributed by atoms with Gasteiger partial charge < -0.3 is 10.6 Å². The highest BCUT2D eigenvalue weighted by Crippen LogP contribution is 2.29. The number of carbonyl (C=O) groups is 1. The van der Waals surface area contributed by atoms with Crippen LogP contribution in [0.2, 0.25) is 10.0 Å². The lowest BCUT2D eigenvalue weighted by Gasteiger charge is -2.08. The van der Waals surface area contributed by atoms with Crippen molar-refractivity contribution in [2.45, 2.75) is 6.92 Å². The fourth-order valence-corrected chi connectivity index (χ4v) is 2.00. The van der Waals surface area contributed by atoms with E-state index < -0.39 is 5.91 Å². The molecule has 2 aromatic rings. The summed E-state index contributed by atoms with van der Waals surface area (Å²) in [4.78, 5) is 16.2. The highest BCUT2D eigenvalue weighted by molar-refractivity contribution is 6.44. The Morgan fingerprint density at radius 1 is 1.30 bits per heavy atom. The Morgan fingerprint density at radius 3 is 2.74 bits per heavy atom. The van der Waals surface area contributed by atoms with Crippen LogP contribution in [0.15, 0.2) is 48.3 Å². The normalized spacial score (nSPS) is 10.8. The van der Waals surface area contributed by atoms with Gasteiger partial charge in [0.15, 0.2) is 0 Å².